The van der Waals surface area contributed by atoms with Gasteiger partial charge < -0.3 is 10.0 Å². The van der Waals surface area contributed by atoms with E-state index in [1.807, 2.05) is 6.07 Å². The molecule has 1 aromatic carbocycles. The second-order valence-corrected chi connectivity index (χ2v) is 6.03. The first kappa shape index (κ1) is 14.2. The van der Waals surface area contributed by atoms with Gasteiger partial charge in [0.1, 0.15) is 0 Å². The summed E-state index contributed by atoms with van der Waals surface area (Å²) in [5.41, 5.74) is 1.63. The summed E-state index contributed by atoms with van der Waals surface area (Å²) in [7, 11) is 0. The van der Waals surface area contributed by atoms with Crippen molar-refractivity contribution in [3.63, 3.8) is 0 Å². The minimum atomic E-state index is -0.978. The van der Waals surface area contributed by atoms with E-state index in [1.54, 1.807) is 12.1 Å². The number of aromatic carboxylic acids is 1. The lowest BCUT2D eigenvalue weighted by Crippen LogP contribution is -2.38. The van der Waals surface area contributed by atoms with Crippen LogP contribution in [-0.2, 0) is 0 Å². The molecule has 104 valence electrons. The number of carboxylic acid groups (broad SMARTS) is 1. The fraction of sp³-hybridized carbons (Fsp3) is 0.533. The molecular weight excluding hydrogens is 262 g/mol. The number of carboxylic acids is 1. The van der Waals surface area contributed by atoms with Crippen LogP contribution in [0.15, 0.2) is 18.2 Å². The van der Waals surface area contributed by atoms with E-state index in [4.69, 9.17) is 16.7 Å². The van der Waals surface area contributed by atoms with E-state index < -0.39 is 5.97 Å². The highest BCUT2D eigenvalue weighted by atomic mass is 35.5. The standard InChI is InChI=1S/C15H20ClNO2/c1-3-15(2)6-8-17(9-7-15)11-4-5-12(14(18)19)13(16)10-11/h4-5,10H,3,6-9H2,1-2H3,(H,18,19). The molecule has 19 heavy (non-hydrogen) atoms. The summed E-state index contributed by atoms with van der Waals surface area (Å²) in [6, 6.07) is 5.21. The van der Waals surface area contributed by atoms with Gasteiger partial charge in [0.2, 0.25) is 0 Å². The molecule has 1 saturated heterocycles. The van der Waals surface area contributed by atoms with Crippen LogP contribution in [0.5, 0.6) is 0 Å². The van der Waals surface area contributed by atoms with Gasteiger partial charge in [-0.05, 0) is 36.5 Å². The Kier molecular flexibility index (Phi) is 4.04. The van der Waals surface area contributed by atoms with Gasteiger partial charge in [0, 0.05) is 18.8 Å². The monoisotopic (exact) mass is 281 g/mol. The lowest BCUT2D eigenvalue weighted by molar-refractivity contribution is 0.0697. The summed E-state index contributed by atoms with van der Waals surface area (Å²) in [5, 5.41) is 9.28. The second-order valence-electron chi connectivity index (χ2n) is 5.62. The van der Waals surface area contributed by atoms with Gasteiger partial charge in [-0.15, -0.1) is 0 Å². The first-order chi connectivity index (χ1) is 8.95. The van der Waals surface area contributed by atoms with Crippen molar-refractivity contribution in [1.82, 2.24) is 0 Å². The van der Waals surface area contributed by atoms with Gasteiger partial charge >= 0.3 is 5.97 Å². The van der Waals surface area contributed by atoms with Crippen molar-refractivity contribution in [1.29, 1.82) is 0 Å². The molecule has 1 aliphatic rings. The normalized spacial score (nSPS) is 18.4. The number of hydrogen-bond acceptors (Lipinski definition) is 2. The van der Waals surface area contributed by atoms with E-state index in [-0.39, 0.29) is 5.56 Å². The molecule has 3 nitrogen and oxygen atoms in total. The van der Waals surface area contributed by atoms with Crippen molar-refractivity contribution in [3.8, 4) is 0 Å². The Morgan fingerprint density at radius 3 is 2.53 bits per heavy atom. The molecule has 1 N–H and O–H groups in total. The SMILES string of the molecule is CCC1(C)CCN(c2ccc(C(=O)O)c(Cl)c2)CC1. The van der Waals surface area contributed by atoms with Gasteiger partial charge in [-0.25, -0.2) is 4.79 Å². The molecule has 4 heteroatoms. The topological polar surface area (TPSA) is 40.5 Å². The van der Waals surface area contributed by atoms with Crippen molar-refractivity contribution < 1.29 is 9.90 Å². The zero-order valence-electron chi connectivity index (χ0n) is 11.4. The van der Waals surface area contributed by atoms with E-state index in [1.165, 1.54) is 19.3 Å². The Morgan fingerprint density at radius 1 is 1.42 bits per heavy atom. The highest BCUT2D eigenvalue weighted by Gasteiger charge is 2.28. The van der Waals surface area contributed by atoms with Crippen molar-refractivity contribution in [2.24, 2.45) is 5.41 Å². The van der Waals surface area contributed by atoms with Crippen LogP contribution in [0.3, 0.4) is 0 Å². The molecule has 0 spiro atoms. The molecule has 0 atom stereocenters. The van der Waals surface area contributed by atoms with Gasteiger partial charge in [0.15, 0.2) is 0 Å². The first-order valence-electron chi connectivity index (χ1n) is 6.73. The molecule has 0 unspecified atom stereocenters. The number of rotatable bonds is 3. The predicted molar refractivity (Wildman–Crippen MR) is 78.3 cm³/mol. The summed E-state index contributed by atoms with van der Waals surface area (Å²) < 4.78 is 0. The Morgan fingerprint density at radius 2 is 2.05 bits per heavy atom. The molecule has 0 amide bonds. The fourth-order valence-electron chi connectivity index (χ4n) is 2.53. The average Bonchev–Trinajstić information content (AvgIpc) is 2.39. The molecule has 0 bridgehead atoms. The molecule has 2 rings (SSSR count). The van der Waals surface area contributed by atoms with Gasteiger partial charge in [0.05, 0.1) is 10.6 Å². The fourth-order valence-corrected chi connectivity index (χ4v) is 2.79. The summed E-state index contributed by atoms with van der Waals surface area (Å²) in [5.74, 6) is -0.978. The minimum absolute atomic E-state index is 0.167. The highest BCUT2D eigenvalue weighted by molar-refractivity contribution is 6.33. The van der Waals surface area contributed by atoms with Crippen LogP contribution >= 0.6 is 11.6 Å². The van der Waals surface area contributed by atoms with Crippen LogP contribution in [0.2, 0.25) is 5.02 Å². The molecule has 0 radical (unpaired) electrons. The van der Waals surface area contributed by atoms with Gasteiger partial charge in [-0.3, -0.25) is 0 Å². The zero-order chi connectivity index (χ0) is 14.0. The lowest BCUT2D eigenvalue weighted by atomic mass is 9.78. The minimum Gasteiger partial charge on any atom is -0.478 e. The molecule has 0 saturated carbocycles. The third kappa shape index (κ3) is 3.03. The Bertz CT molecular complexity index is 479. The Balaban J connectivity index is 2.12. The molecule has 1 aliphatic heterocycles. The van der Waals surface area contributed by atoms with Gasteiger partial charge in [0.25, 0.3) is 0 Å². The molecule has 1 fully saturated rings. The number of piperidine rings is 1. The van der Waals surface area contributed by atoms with Crippen molar-refractivity contribution in [3.05, 3.63) is 28.8 Å². The average molecular weight is 282 g/mol. The molecule has 1 heterocycles. The van der Waals surface area contributed by atoms with Crippen LogP contribution in [0.1, 0.15) is 43.5 Å². The van der Waals surface area contributed by atoms with Crippen LogP contribution in [0.4, 0.5) is 5.69 Å². The van der Waals surface area contributed by atoms with E-state index >= 15 is 0 Å². The first-order valence-corrected chi connectivity index (χ1v) is 7.11. The Labute approximate surface area is 119 Å². The van der Waals surface area contributed by atoms with Crippen LogP contribution in [0.25, 0.3) is 0 Å². The summed E-state index contributed by atoms with van der Waals surface area (Å²) in [4.78, 5) is 13.2. The number of nitrogens with zero attached hydrogens (tertiary/aromatic N) is 1. The van der Waals surface area contributed by atoms with Crippen LogP contribution in [0, 0.1) is 5.41 Å². The quantitative estimate of drug-likeness (QED) is 0.908. The molecule has 0 aromatic heterocycles. The van der Waals surface area contributed by atoms with E-state index in [0.717, 1.165) is 18.8 Å². The number of benzene rings is 1. The number of carbonyl (C=O) groups is 1. The maximum atomic E-state index is 10.9. The largest absolute Gasteiger partial charge is 0.478 e. The maximum Gasteiger partial charge on any atom is 0.337 e. The zero-order valence-corrected chi connectivity index (χ0v) is 12.2. The second kappa shape index (κ2) is 5.41. The van der Waals surface area contributed by atoms with Crippen molar-refractivity contribution >= 4 is 23.3 Å². The van der Waals surface area contributed by atoms with Gasteiger partial charge in [-0.1, -0.05) is 31.9 Å². The summed E-state index contributed by atoms with van der Waals surface area (Å²) >= 11 is 6.02. The predicted octanol–water partition coefficient (Wildman–Crippen LogP) is 4.05. The van der Waals surface area contributed by atoms with E-state index in [2.05, 4.69) is 18.7 Å². The van der Waals surface area contributed by atoms with Crippen molar-refractivity contribution in [2.75, 3.05) is 18.0 Å². The number of anilines is 1. The number of hydrogen-bond donors (Lipinski definition) is 1. The molecular formula is C15H20ClNO2. The smallest absolute Gasteiger partial charge is 0.337 e. The molecule has 1 aromatic rings. The molecule has 0 aliphatic carbocycles. The third-order valence-electron chi connectivity index (χ3n) is 4.37. The van der Waals surface area contributed by atoms with Crippen molar-refractivity contribution in [2.45, 2.75) is 33.1 Å². The maximum absolute atomic E-state index is 10.9. The van der Waals surface area contributed by atoms with Crippen LogP contribution < -0.4 is 4.90 Å². The summed E-state index contributed by atoms with van der Waals surface area (Å²) in [6.45, 7) is 6.60. The lowest BCUT2D eigenvalue weighted by Gasteiger charge is -2.40. The highest BCUT2D eigenvalue weighted by Crippen LogP contribution is 2.36. The summed E-state index contributed by atoms with van der Waals surface area (Å²) in [6.07, 6.45) is 3.54. The van der Waals surface area contributed by atoms with E-state index in [9.17, 15) is 4.79 Å². The van der Waals surface area contributed by atoms with Crippen LogP contribution in [-0.4, -0.2) is 24.2 Å². The Hall–Kier alpha value is -1.22. The number of halogens is 1. The van der Waals surface area contributed by atoms with Gasteiger partial charge in [-0.2, -0.15) is 0 Å². The van der Waals surface area contributed by atoms with E-state index in [0.29, 0.717) is 10.4 Å². The third-order valence-corrected chi connectivity index (χ3v) is 4.69.